The van der Waals surface area contributed by atoms with Gasteiger partial charge >= 0.3 is 0 Å². The Morgan fingerprint density at radius 3 is 1.65 bits per heavy atom. The van der Waals surface area contributed by atoms with Crippen LogP contribution in [0, 0.1) is 20.8 Å². The van der Waals surface area contributed by atoms with Gasteiger partial charge in [-0.05, 0) is 56.4 Å². The van der Waals surface area contributed by atoms with Crippen LogP contribution in [-0.4, -0.2) is 25.1 Å². The molecule has 0 aliphatic rings. The van der Waals surface area contributed by atoms with Crippen LogP contribution in [0.1, 0.15) is 93.4 Å². The van der Waals surface area contributed by atoms with Gasteiger partial charge in [-0.3, -0.25) is 0 Å². The molecule has 0 atom stereocenters. The van der Waals surface area contributed by atoms with Gasteiger partial charge in [0.1, 0.15) is 6.54 Å². The summed E-state index contributed by atoms with van der Waals surface area (Å²) in [5.41, 5.74) is 5.83. The molecule has 0 radical (unpaired) electrons. The lowest BCUT2D eigenvalue weighted by molar-refractivity contribution is -0.903. The molecule has 0 N–H and O–H groups in total. The van der Waals surface area contributed by atoms with E-state index < -0.39 is 0 Å². The quantitative estimate of drug-likeness (QED) is 0.356. The van der Waals surface area contributed by atoms with E-state index in [0.717, 1.165) is 11.0 Å². The van der Waals surface area contributed by atoms with Gasteiger partial charge in [0, 0.05) is 5.56 Å². The van der Waals surface area contributed by atoms with Gasteiger partial charge in [0.05, 0.1) is 20.6 Å². The molecule has 0 fully saturated rings. The number of benzene rings is 1. The van der Waals surface area contributed by atoms with E-state index in [-0.39, 0.29) is 12.4 Å². The van der Waals surface area contributed by atoms with Crippen LogP contribution < -0.4 is 12.4 Å². The van der Waals surface area contributed by atoms with E-state index in [0.29, 0.717) is 0 Å². The van der Waals surface area contributed by atoms with Crippen molar-refractivity contribution in [1.29, 1.82) is 0 Å². The highest BCUT2D eigenvalue weighted by Gasteiger charge is 2.17. The van der Waals surface area contributed by atoms with Crippen LogP contribution in [0.2, 0.25) is 0 Å². The second kappa shape index (κ2) is 13.6. The molecule has 0 unspecified atom stereocenters. The summed E-state index contributed by atoms with van der Waals surface area (Å²) in [5.74, 6) is 0. The minimum Gasteiger partial charge on any atom is -1.00 e. The van der Waals surface area contributed by atoms with Gasteiger partial charge in [-0.1, -0.05) is 64.4 Å². The average molecular weight is 382 g/mol. The first-order valence-electron chi connectivity index (χ1n) is 10.7. The summed E-state index contributed by atoms with van der Waals surface area (Å²) in [6.45, 7) is 11.5. The van der Waals surface area contributed by atoms with Crippen molar-refractivity contribution in [2.45, 2.75) is 98.4 Å². The fourth-order valence-corrected chi connectivity index (χ4v) is 3.76. The fraction of sp³-hybridized carbons (Fsp3) is 0.750. The van der Waals surface area contributed by atoms with Crippen molar-refractivity contribution < 1.29 is 16.9 Å². The third kappa shape index (κ3) is 10.6. The maximum Gasteiger partial charge on any atom is 0.104 e. The number of hydrogen-bond donors (Lipinski definition) is 0. The first kappa shape index (κ1) is 25.5. The minimum absolute atomic E-state index is 0. The molecule has 0 heterocycles. The monoisotopic (exact) mass is 381 g/mol. The van der Waals surface area contributed by atoms with Crippen LogP contribution in [0.25, 0.3) is 0 Å². The van der Waals surface area contributed by atoms with Gasteiger partial charge in [0.25, 0.3) is 0 Å². The smallest absolute Gasteiger partial charge is 0.104 e. The van der Waals surface area contributed by atoms with E-state index in [1.807, 2.05) is 0 Å². The molecular weight excluding hydrogens is 338 g/mol. The molecule has 1 nitrogen and oxygen atoms in total. The maximum absolute atomic E-state index is 2.41. The summed E-state index contributed by atoms with van der Waals surface area (Å²) in [5, 5.41) is 0. The van der Waals surface area contributed by atoms with Crippen molar-refractivity contribution in [3.05, 3.63) is 34.4 Å². The van der Waals surface area contributed by atoms with Crippen LogP contribution in [0.15, 0.2) is 12.1 Å². The number of hydrogen-bond acceptors (Lipinski definition) is 0. The third-order valence-corrected chi connectivity index (χ3v) is 5.67. The molecule has 0 bridgehead atoms. The van der Waals surface area contributed by atoms with Crippen LogP contribution in [-0.2, 0) is 6.54 Å². The Bertz CT molecular complexity index is 493. The Labute approximate surface area is 170 Å². The number of nitrogens with zero attached hydrogens (tertiary/aromatic N) is 1. The Kier molecular flexibility index (Phi) is 13.3. The van der Waals surface area contributed by atoms with Gasteiger partial charge in [-0.25, -0.2) is 0 Å². The zero-order valence-electron chi connectivity index (χ0n) is 18.5. The predicted octanol–water partition coefficient (Wildman–Crippen LogP) is 4.11. The predicted molar refractivity (Wildman–Crippen MR) is 113 cm³/mol. The van der Waals surface area contributed by atoms with Gasteiger partial charge in [0.2, 0.25) is 0 Å². The van der Waals surface area contributed by atoms with E-state index in [2.05, 4.69) is 53.9 Å². The molecule has 0 saturated carbocycles. The molecule has 0 spiro atoms. The molecule has 152 valence electrons. The first-order valence-corrected chi connectivity index (χ1v) is 10.7. The van der Waals surface area contributed by atoms with Crippen LogP contribution >= 0.6 is 0 Å². The summed E-state index contributed by atoms with van der Waals surface area (Å²) in [4.78, 5) is 0. The summed E-state index contributed by atoms with van der Waals surface area (Å²) < 4.78 is 1.11. The van der Waals surface area contributed by atoms with Crippen LogP contribution in [0.4, 0.5) is 0 Å². The molecule has 0 aromatic heterocycles. The summed E-state index contributed by atoms with van der Waals surface area (Å²) >= 11 is 0. The molecule has 0 saturated heterocycles. The summed E-state index contributed by atoms with van der Waals surface area (Å²) in [6, 6.07) is 4.76. The number of aryl methyl sites for hydroxylation is 3. The van der Waals surface area contributed by atoms with E-state index >= 15 is 0 Å². The van der Waals surface area contributed by atoms with E-state index in [9.17, 15) is 0 Å². The molecule has 1 rings (SSSR count). The van der Waals surface area contributed by atoms with Crippen molar-refractivity contribution in [3.63, 3.8) is 0 Å². The molecular formula is C24H44ClN. The number of rotatable bonds is 13. The van der Waals surface area contributed by atoms with E-state index in [4.69, 9.17) is 0 Å². The molecule has 0 amide bonds. The van der Waals surface area contributed by atoms with E-state index in [1.54, 1.807) is 0 Å². The van der Waals surface area contributed by atoms with Crippen LogP contribution in [0.5, 0.6) is 0 Å². The average Bonchev–Trinajstić information content (AvgIpc) is 2.54. The highest BCUT2D eigenvalue weighted by molar-refractivity contribution is 5.35. The molecule has 1 aromatic rings. The lowest BCUT2D eigenvalue weighted by atomic mass is 10.00. The van der Waals surface area contributed by atoms with Crippen LogP contribution in [0.3, 0.4) is 0 Å². The Balaban J connectivity index is 0.00000625. The zero-order valence-corrected chi connectivity index (χ0v) is 19.2. The van der Waals surface area contributed by atoms with Gasteiger partial charge < -0.3 is 16.9 Å². The molecule has 1 aromatic carbocycles. The third-order valence-electron chi connectivity index (χ3n) is 5.67. The minimum atomic E-state index is 0. The zero-order chi connectivity index (χ0) is 18.7. The Hall–Kier alpha value is -0.530. The maximum atomic E-state index is 2.41. The Morgan fingerprint density at radius 1 is 0.654 bits per heavy atom. The largest absolute Gasteiger partial charge is 1.00 e. The molecule has 0 aliphatic heterocycles. The number of quaternary nitrogens is 1. The molecule has 26 heavy (non-hydrogen) atoms. The summed E-state index contributed by atoms with van der Waals surface area (Å²) in [6.07, 6.45) is 14.2. The standard InChI is InChI=1S/C24H44N.ClH/c1-7-8-9-10-11-12-13-14-15-16-17-25(5,6)20-24-19-22(3)21(2)18-23(24)4;/h18-19H,7-17,20H2,1-6H3;1H/q+1;/p-1. The fourth-order valence-electron chi connectivity index (χ4n) is 3.76. The topological polar surface area (TPSA) is 0 Å². The van der Waals surface area contributed by atoms with Gasteiger partial charge in [0.15, 0.2) is 0 Å². The first-order chi connectivity index (χ1) is 11.9. The molecule has 0 aliphatic carbocycles. The van der Waals surface area contributed by atoms with Crippen molar-refractivity contribution in [2.75, 3.05) is 20.6 Å². The molecule has 2 heteroatoms. The van der Waals surface area contributed by atoms with Crippen molar-refractivity contribution >= 4 is 0 Å². The van der Waals surface area contributed by atoms with E-state index in [1.165, 1.54) is 93.0 Å². The highest BCUT2D eigenvalue weighted by atomic mass is 35.5. The second-order valence-corrected chi connectivity index (χ2v) is 8.86. The normalized spacial score (nSPS) is 11.5. The highest BCUT2D eigenvalue weighted by Crippen LogP contribution is 2.20. The lowest BCUT2D eigenvalue weighted by Gasteiger charge is -2.31. The lowest BCUT2D eigenvalue weighted by Crippen LogP contribution is -3.00. The number of halogens is 1. The van der Waals surface area contributed by atoms with Crippen molar-refractivity contribution in [1.82, 2.24) is 0 Å². The summed E-state index contributed by atoms with van der Waals surface area (Å²) in [7, 11) is 4.78. The SMILES string of the molecule is CCCCCCCCCCCC[N+](C)(C)Cc1cc(C)c(C)cc1C.[Cl-]. The van der Waals surface area contributed by atoms with Gasteiger partial charge in [-0.2, -0.15) is 0 Å². The Morgan fingerprint density at radius 2 is 1.12 bits per heavy atom. The van der Waals surface area contributed by atoms with Gasteiger partial charge in [-0.15, -0.1) is 0 Å². The van der Waals surface area contributed by atoms with Crippen molar-refractivity contribution in [2.24, 2.45) is 0 Å². The second-order valence-electron chi connectivity index (χ2n) is 8.86. The number of unbranched alkanes of at least 4 members (excludes halogenated alkanes) is 9. The van der Waals surface area contributed by atoms with Crippen molar-refractivity contribution in [3.8, 4) is 0 Å².